The molecule has 0 aromatic heterocycles. The van der Waals surface area contributed by atoms with E-state index in [4.69, 9.17) is 10.5 Å². The van der Waals surface area contributed by atoms with Crippen molar-refractivity contribution >= 4 is 21.6 Å². The summed E-state index contributed by atoms with van der Waals surface area (Å²) in [5, 5.41) is 0. The molecule has 3 N–H and O–H groups in total. The van der Waals surface area contributed by atoms with E-state index < -0.39 is 21.0 Å². The van der Waals surface area contributed by atoms with Crippen LogP contribution in [-0.2, 0) is 26.0 Å². The molecule has 2 aliphatic rings. The first-order valence-electron chi connectivity index (χ1n) is 9.43. The molecule has 0 radical (unpaired) electrons. The summed E-state index contributed by atoms with van der Waals surface area (Å²) in [6, 6.07) is 4.94. The maximum atomic E-state index is 13.3. The van der Waals surface area contributed by atoms with Crippen molar-refractivity contribution in [3.05, 3.63) is 23.8 Å². The third-order valence-corrected chi connectivity index (χ3v) is 7.60. The Morgan fingerprint density at radius 3 is 2.67 bits per heavy atom. The molecule has 1 saturated carbocycles. The third kappa shape index (κ3) is 3.08. The van der Waals surface area contributed by atoms with Gasteiger partial charge in [0.05, 0.1) is 11.0 Å². The van der Waals surface area contributed by atoms with E-state index in [1.165, 1.54) is 0 Å². The number of nitrogens with zero attached hydrogens (tertiary/aromatic N) is 1. The predicted molar refractivity (Wildman–Crippen MR) is 104 cm³/mol. The lowest BCUT2D eigenvalue weighted by molar-refractivity contribution is -0.168. The van der Waals surface area contributed by atoms with Crippen molar-refractivity contribution in [2.45, 2.75) is 57.1 Å². The molecule has 0 bridgehead atoms. The minimum atomic E-state index is -3.59. The maximum absolute atomic E-state index is 13.3. The van der Waals surface area contributed by atoms with Crippen molar-refractivity contribution in [3.8, 4) is 0 Å². The first-order valence-corrected chi connectivity index (χ1v) is 10.9. The number of nitrogens with one attached hydrogen (secondary N) is 1. The zero-order chi connectivity index (χ0) is 20.0. The number of rotatable bonds is 6. The fraction of sp³-hybridized carbons (Fsp3) is 0.632. The number of carbonyl (C=O) groups is 1. The number of anilines is 1. The van der Waals surface area contributed by atoms with Crippen LogP contribution in [-0.4, -0.2) is 45.7 Å². The van der Waals surface area contributed by atoms with E-state index in [9.17, 15) is 13.2 Å². The Labute approximate surface area is 161 Å². The summed E-state index contributed by atoms with van der Waals surface area (Å²) < 4.78 is 32.9. The fourth-order valence-electron chi connectivity index (χ4n) is 4.05. The summed E-state index contributed by atoms with van der Waals surface area (Å²) in [6.45, 7) is 8.96. The highest BCUT2D eigenvalue weighted by Gasteiger charge is 2.64. The van der Waals surface area contributed by atoms with Crippen LogP contribution in [0.15, 0.2) is 23.1 Å². The highest BCUT2D eigenvalue weighted by atomic mass is 32.2. The monoisotopic (exact) mass is 395 g/mol. The Morgan fingerprint density at radius 2 is 2.07 bits per heavy atom. The van der Waals surface area contributed by atoms with Gasteiger partial charge in [0.1, 0.15) is 5.54 Å². The van der Waals surface area contributed by atoms with Crippen LogP contribution in [0.4, 0.5) is 5.69 Å². The van der Waals surface area contributed by atoms with Gasteiger partial charge in [-0.25, -0.2) is 13.1 Å². The highest BCUT2D eigenvalue weighted by Crippen LogP contribution is 2.51. The number of hydrogen-bond donors (Lipinski definition) is 2. The molecule has 3 rings (SSSR count). The Hall–Kier alpha value is -1.48. The second kappa shape index (κ2) is 6.84. The number of benzene rings is 1. The SMILES string of the molecule is CCNS(=O)(=O)c1ccc2c(c1)N(C(=O)C1(N)CC(OCC)C1(C)C)CC2. The number of ether oxygens (including phenoxy) is 1. The summed E-state index contributed by atoms with van der Waals surface area (Å²) >= 11 is 0. The molecule has 2 unspecified atom stereocenters. The van der Waals surface area contributed by atoms with Crippen LogP contribution in [0.5, 0.6) is 0 Å². The molecule has 0 spiro atoms. The number of nitrogens with two attached hydrogens (primary N) is 1. The van der Waals surface area contributed by atoms with E-state index in [0.29, 0.717) is 38.2 Å². The van der Waals surface area contributed by atoms with E-state index >= 15 is 0 Å². The second-order valence-electron chi connectivity index (χ2n) is 7.84. The van der Waals surface area contributed by atoms with Gasteiger partial charge in [-0.05, 0) is 31.0 Å². The Balaban J connectivity index is 1.91. The van der Waals surface area contributed by atoms with Gasteiger partial charge >= 0.3 is 0 Å². The van der Waals surface area contributed by atoms with Crippen LogP contribution in [0.1, 0.15) is 39.7 Å². The largest absolute Gasteiger partial charge is 0.378 e. The van der Waals surface area contributed by atoms with Crippen molar-refractivity contribution in [3.63, 3.8) is 0 Å². The lowest BCUT2D eigenvalue weighted by Crippen LogP contribution is -2.76. The molecule has 1 fully saturated rings. The molecule has 8 heteroatoms. The van der Waals surface area contributed by atoms with E-state index in [1.54, 1.807) is 30.0 Å². The molecule has 1 aromatic rings. The van der Waals surface area contributed by atoms with E-state index in [0.717, 1.165) is 5.56 Å². The third-order valence-electron chi connectivity index (χ3n) is 6.05. The van der Waals surface area contributed by atoms with Crippen LogP contribution in [0.3, 0.4) is 0 Å². The van der Waals surface area contributed by atoms with Crippen LogP contribution in [0.2, 0.25) is 0 Å². The number of sulfonamides is 1. The van der Waals surface area contributed by atoms with Crippen molar-refractivity contribution in [2.75, 3.05) is 24.6 Å². The maximum Gasteiger partial charge on any atom is 0.247 e. The minimum Gasteiger partial charge on any atom is -0.378 e. The quantitative estimate of drug-likeness (QED) is 0.758. The second-order valence-corrected chi connectivity index (χ2v) is 9.61. The molecule has 1 aliphatic carbocycles. The molecule has 150 valence electrons. The van der Waals surface area contributed by atoms with Crippen LogP contribution < -0.4 is 15.4 Å². The minimum absolute atomic E-state index is 0.0565. The molecule has 2 atom stereocenters. The molecule has 1 heterocycles. The van der Waals surface area contributed by atoms with Gasteiger partial charge in [-0.3, -0.25) is 4.79 Å². The zero-order valence-corrected chi connectivity index (χ0v) is 17.2. The molecule has 27 heavy (non-hydrogen) atoms. The smallest absolute Gasteiger partial charge is 0.247 e. The average molecular weight is 396 g/mol. The van der Waals surface area contributed by atoms with E-state index in [-0.39, 0.29) is 16.9 Å². The number of hydrogen-bond acceptors (Lipinski definition) is 5. The van der Waals surface area contributed by atoms with Gasteiger partial charge in [-0.1, -0.05) is 26.8 Å². The van der Waals surface area contributed by atoms with Crippen molar-refractivity contribution < 1.29 is 17.9 Å². The zero-order valence-electron chi connectivity index (χ0n) is 16.4. The van der Waals surface area contributed by atoms with Crippen molar-refractivity contribution in [2.24, 2.45) is 11.1 Å². The molecule has 7 nitrogen and oxygen atoms in total. The number of fused-ring (bicyclic) bond motifs is 1. The topological polar surface area (TPSA) is 102 Å². The normalized spacial score (nSPS) is 26.6. The first-order chi connectivity index (χ1) is 12.6. The van der Waals surface area contributed by atoms with Gasteiger partial charge in [0.2, 0.25) is 15.9 Å². The summed E-state index contributed by atoms with van der Waals surface area (Å²) in [5.41, 5.74) is 6.64. The summed E-state index contributed by atoms with van der Waals surface area (Å²) in [6.07, 6.45) is 1.10. The summed E-state index contributed by atoms with van der Waals surface area (Å²) in [7, 11) is -3.59. The van der Waals surface area contributed by atoms with Crippen LogP contribution in [0, 0.1) is 5.41 Å². The van der Waals surface area contributed by atoms with Gasteiger partial charge in [0.25, 0.3) is 0 Å². The standard InChI is InChI=1S/C19H29N3O4S/c1-5-21-27(24,25)14-8-7-13-9-10-22(15(13)11-14)17(23)19(20)12-16(26-6-2)18(19,3)4/h7-8,11,16,21H,5-6,9-10,12,20H2,1-4H3. The number of amides is 1. The molecular formula is C19H29N3O4S. The summed E-state index contributed by atoms with van der Waals surface area (Å²) in [4.78, 5) is 15.1. The van der Waals surface area contributed by atoms with Crippen LogP contribution in [0.25, 0.3) is 0 Å². The van der Waals surface area contributed by atoms with Crippen molar-refractivity contribution in [1.29, 1.82) is 0 Å². The summed E-state index contributed by atoms with van der Waals surface area (Å²) in [5.74, 6) is -0.166. The molecular weight excluding hydrogens is 366 g/mol. The average Bonchev–Trinajstić information content (AvgIpc) is 3.03. The Kier molecular flexibility index (Phi) is 5.14. The van der Waals surface area contributed by atoms with Crippen LogP contribution >= 0.6 is 0 Å². The lowest BCUT2D eigenvalue weighted by atomic mass is 9.54. The van der Waals surface area contributed by atoms with Gasteiger partial charge in [0, 0.05) is 37.2 Å². The Bertz CT molecular complexity index is 853. The number of carbonyl (C=O) groups excluding carboxylic acids is 1. The van der Waals surface area contributed by atoms with Gasteiger partial charge < -0.3 is 15.4 Å². The Morgan fingerprint density at radius 1 is 1.37 bits per heavy atom. The molecule has 1 aliphatic heterocycles. The van der Waals surface area contributed by atoms with E-state index in [2.05, 4.69) is 4.72 Å². The van der Waals surface area contributed by atoms with Gasteiger partial charge in [0.15, 0.2) is 0 Å². The molecule has 0 saturated heterocycles. The lowest BCUT2D eigenvalue weighted by Gasteiger charge is -2.58. The van der Waals surface area contributed by atoms with Gasteiger partial charge in [-0.2, -0.15) is 0 Å². The first kappa shape index (κ1) is 20.3. The highest BCUT2D eigenvalue weighted by molar-refractivity contribution is 7.89. The van der Waals surface area contributed by atoms with E-state index in [1.807, 2.05) is 20.8 Å². The van der Waals surface area contributed by atoms with Gasteiger partial charge in [-0.15, -0.1) is 0 Å². The predicted octanol–water partition coefficient (Wildman–Crippen LogP) is 1.41. The van der Waals surface area contributed by atoms with Crippen molar-refractivity contribution in [1.82, 2.24) is 4.72 Å². The molecule has 1 aromatic carbocycles. The molecule has 1 amide bonds. The fourth-order valence-corrected chi connectivity index (χ4v) is 5.11.